The maximum Gasteiger partial charge on any atom is 0.0579 e. The molecule has 0 radical (unpaired) electrons. The zero-order valence-electron chi connectivity index (χ0n) is 9.88. The molecule has 0 bridgehead atoms. The number of nitrogens with one attached hydrogen (secondary N) is 1. The number of rotatable bonds is 6. The van der Waals surface area contributed by atoms with E-state index in [1.807, 2.05) is 0 Å². The van der Waals surface area contributed by atoms with Gasteiger partial charge < -0.3 is 10.1 Å². The van der Waals surface area contributed by atoms with Gasteiger partial charge in [0.1, 0.15) is 0 Å². The van der Waals surface area contributed by atoms with Gasteiger partial charge in [0.15, 0.2) is 0 Å². The predicted octanol–water partition coefficient (Wildman–Crippen LogP) is 2.72. The first-order valence-corrected chi connectivity index (χ1v) is 6.07. The van der Waals surface area contributed by atoms with Gasteiger partial charge in [-0.25, -0.2) is 0 Å². The summed E-state index contributed by atoms with van der Waals surface area (Å²) in [6, 6.07) is 0.623. The quantitative estimate of drug-likeness (QED) is 0.664. The predicted molar refractivity (Wildman–Crippen MR) is 60.6 cm³/mol. The minimum Gasteiger partial charge on any atom is -0.375 e. The fourth-order valence-corrected chi connectivity index (χ4v) is 1.99. The molecule has 2 atom stereocenters. The van der Waals surface area contributed by atoms with Crippen LogP contribution in [-0.2, 0) is 4.74 Å². The molecule has 1 N–H and O–H groups in total. The van der Waals surface area contributed by atoms with Crippen molar-refractivity contribution in [3.05, 3.63) is 0 Å². The highest BCUT2D eigenvalue weighted by atomic mass is 16.5. The van der Waals surface area contributed by atoms with Crippen LogP contribution in [0.2, 0.25) is 0 Å². The fourth-order valence-electron chi connectivity index (χ4n) is 1.99. The largest absolute Gasteiger partial charge is 0.375 e. The van der Waals surface area contributed by atoms with E-state index in [1.165, 1.54) is 32.1 Å². The van der Waals surface area contributed by atoms with E-state index in [0.29, 0.717) is 18.2 Å². The molecule has 0 saturated carbocycles. The van der Waals surface area contributed by atoms with E-state index in [0.717, 1.165) is 6.54 Å². The molecule has 0 aromatic heterocycles. The van der Waals surface area contributed by atoms with Gasteiger partial charge in [0.25, 0.3) is 0 Å². The Hall–Kier alpha value is -0.0800. The first-order valence-electron chi connectivity index (χ1n) is 6.07. The van der Waals surface area contributed by atoms with E-state index in [2.05, 4.69) is 26.1 Å². The summed E-state index contributed by atoms with van der Waals surface area (Å²) in [6.45, 7) is 7.73. The molecule has 14 heavy (non-hydrogen) atoms. The minimum atomic E-state index is 0.508. The van der Waals surface area contributed by atoms with Crippen LogP contribution in [-0.4, -0.2) is 24.8 Å². The molecule has 0 amide bonds. The van der Waals surface area contributed by atoms with Crippen LogP contribution >= 0.6 is 0 Å². The van der Waals surface area contributed by atoms with Gasteiger partial charge >= 0.3 is 0 Å². The second-order valence-corrected chi connectivity index (χ2v) is 4.75. The van der Waals surface area contributed by atoms with E-state index < -0.39 is 0 Å². The Labute approximate surface area is 88.4 Å². The van der Waals surface area contributed by atoms with Crippen molar-refractivity contribution in [1.29, 1.82) is 0 Å². The van der Waals surface area contributed by atoms with E-state index in [-0.39, 0.29) is 0 Å². The van der Waals surface area contributed by atoms with E-state index >= 15 is 0 Å². The van der Waals surface area contributed by atoms with Gasteiger partial charge in [-0.05, 0) is 45.6 Å². The highest BCUT2D eigenvalue weighted by Crippen LogP contribution is 2.22. The van der Waals surface area contributed by atoms with Gasteiger partial charge in [0.2, 0.25) is 0 Å². The molecule has 0 aliphatic carbocycles. The zero-order chi connectivity index (χ0) is 10.4. The SMILES string of the molecule is CC(C)NCCCCC1CCC(C)O1. The van der Waals surface area contributed by atoms with Crippen molar-refractivity contribution in [2.45, 2.75) is 71.1 Å². The first kappa shape index (κ1) is 12.0. The summed E-state index contributed by atoms with van der Waals surface area (Å²) < 4.78 is 5.77. The minimum absolute atomic E-state index is 0.508. The summed E-state index contributed by atoms with van der Waals surface area (Å²) in [7, 11) is 0. The molecule has 1 rings (SSSR count). The number of ether oxygens (including phenoxy) is 1. The molecule has 0 aromatic rings. The van der Waals surface area contributed by atoms with Gasteiger partial charge in [-0.3, -0.25) is 0 Å². The van der Waals surface area contributed by atoms with Crippen molar-refractivity contribution in [3.63, 3.8) is 0 Å². The Morgan fingerprint density at radius 1 is 1.29 bits per heavy atom. The second-order valence-electron chi connectivity index (χ2n) is 4.75. The normalized spacial score (nSPS) is 27.4. The lowest BCUT2D eigenvalue weighted by atomic mass is 10.1. The Morgan fingerprint density at radius 2 is 2.07 bits per heavy atom. The van der Waals surface area contributed by atoms with Gasteiger partial charge in [-0.1, -0.05) is 13.8 Å². The van der Waals surface area contributed by atoms with E-state index in [1.54, 1.807) is 0 Å². The Bertz CT molecular complexity index is 147. The average molecular weight is 199 g/mol. The molecule has 2 nitrogen and oxygen atoms in total. The highest BCUT2D eigenvalue weighted by molar-refractivity contribution is 4.70. The summed E-state index contributed by atoms with van der Waals surface area (Å²) in [4.78, 5) is 0. The molecular formula is C12H25NO. The van der Waals surface area contributed by atoms with Crippen LogP contribution < -0.4 is 5.32 Å². The summed E-state index contributed by atoms with van der Waals surface area (Å²) in [5.74, 6) is 0. The standard InChI is InChI=1S/C12H25NO/c1-10(2)13-9-5-4-6-12-8-7-11(3)14-12/h10-13H,4-9H2,1-3H3. The van der Waals surface area contributed by atoms with Gasteiger partial charge in [0.05, 0.1) is 12.2 Å². The molecule has 1 aliphatic rings. The summed E-state index contributed by atoms with van der Waals surface area (Å²) >= 11 is 0. The molecular weight excluding hydrogens is 174 g/mol. The maximum atomic E-state index is 5.77. The molecule has 1 fully saturated rings. The van der Waals surface area contributed by atoms with Crippen LogP contribution in [0.1, 0.15) is 52.9 Å². The van der Waals surface area contributed by atoms with Gasteiger partial charge in [-0.2, -0.15) is 0 Å². The summed E-state index contributed by atoms with van der Waals surface area (Å²) in [5.41, 5.74) is 0. The Morgan fingerprint density at radius 3 is 2.64 bits per heavy atom. The Kier molecular flexibility index (Phi) is 5.49. The molecule has 2 heteroatoms. The maximum absolute atomic E-state index is 5.77. The van der Waals surface area contributed by atoms with Crippen LogP contribution in [0.25, 0.3) is 0 Å². The lowest BCUT2D eigenvalue weighted by molar-refractivity contribution is 0.0495. The van der Waals surface area contributed by atoms with Crippen LogP contribution in [0.15, 0.2) is 0 Å². The summed E-state index contributed by atoms with van der Waals surface area (Å²) in [6.07, 6.45) is 7.44. The van der Waals surface area contributed by atoms with Crippen LogP contribution in [0.4, 0.5) is 0 Å². The molecule has 0 spiro atoms. The number of hydrogen-bond donors (Lipinski definition) is 1. The van der Waals surface area contributed by atoms with Crippen molar-refractivity contribution >= 4 is 0 Å². The van der Waals surface area contributed by atoms with Crippen LogP contribution in [0.5, 0.6) is 0 Å². The fraction of sp³-hybridized carbons (Fsp3) is 1.00. The molecule has 1 heterocycles. The lowest BCUT2D eigenvalue weighted by Gasteiger charge is -2.11. The zero-order valence-corrected chi connectivity index (χ0v) is 9.88. The van der Waals surface area contributed by atoms with Crippen molar-refractivity contribution in [2.24, 2.45) is 0 Å². The van der Waals surface area contributed by atoms with E-state index in [4.69, 9.17) is 4.74 Å². The van der Waals surface area contributed by atoms with Gasteiger partial charge in [0, 0.05) is 6.04 Å². The second kappa shape index (κ2) is 6.41. The first-order chi connectivity index (χ1) is 6.68. The van der Waals surface area contributed by atoms with Crippen molar-refractivity contribution in [1.82, 2.24) is 5.32 Å². The van der Waals surface area contributed by atoms with Crippen molar-refractivity contribution in [3.8, 4) is 0 Å². The Balaban J connectivity index is 1.89. The van der Waals surface area contributed by atoms with Crippen LogP contribution in [0.3, 0.4) is 0 Å². The number of unbranched alkanes of at least 4 members (excludes halogenated alkanes) is 1. The summed E-state index contributed by atoms with van der Waals surface area (Å²) in [5, 5.41) is 3.44. The molecule has 2 unspecified atom stereocenters. The van der Waals surface area contributed by atoms with E-state index in [9.17, 15) is 0 Å². The molecule has 1 saturated heterocycles. The molecule has 1 aliphatic heterocycles. The lowest BCUT2D eigenvalue weighted by Crippen LogP contribution is -2.23. The van der Waals surface area contributed by atoms with Crippen LogP contribution in [0, 0.1) is 0 Å². The highest BCUT2D eigenvalue weighted by Gasteiger charge is 2.20. The third-order valence-electron chi connectivity index (χ3n) is 2.83. The molecule has 0 aromatic carbocycles. The van der Waals surface area contributed by atoms with Crippen molar-refractivity contribution < 1.29 is 4.74 Å². The van der Waals surface area contributed by atoms with Crippen molar-refractivity contribution in [2.75, 3.05) is 6.54 Å². The molecule has 84 valence electrons. The van der Waals surface area contributed by atoms with Gasteiger partial charge in [-0.15, -0.1) is 0 Å². The topological polar surface area (TPSA) is 21.3 Å². The average Bonchev–Trinajstić information content (AvgIpc) is 2.50. The third-order valence-corrected chi connectivity index (χ3v) is 2.83. The number of hydrogen-bond acceptors (Lipinski definition) is 2. The third kappa shape index (κ3) is 4.97. The monoisotopic (exact) mass is 199 g/mol. The smallest absolute Gasteiger partial charge is 0.0579 e.